The molecule has 24 heavy (non-hydrogen) atoms. The van der Waals surface area contributed by atoms with Crippen molar-refractivity contribution in [2.75, 3.05) is 13.7 Å². The van der Waals surface area contributed by atoms with Crippen molar-refractivity contribution in [2.45, 2.75) is 51.1 Å². The van der Waals surface area contributed by atoms with Crippen LogP contribution in [0, 0.1) is 5.92 Å². The number of hydroxylamine groups is 2. The first-order chi connectivity index (χ1) is 11.6. The molecule has 0 heterocycles. The Bertz CT molecular complexity index is 521. The standard InChI is InChI=1S/C20H29NO3/c1-4-13-20(14-11-18(12-15-20)19(22)24-5-2)21(23-3)16-17-9-7-6-8-10-17/h4,6-10,18H,1,5,11-16H2,2-3H3. The van der Waals surface area contributed by atoms with E-state index >= 15 is 0 Å². The molecule has 0 aliphatic heterocycles. The lowest BCUT2D eigenvalue weighted by atomic mass is 9.74. The average Bonchev–Trinajstić information content (AvgIpc) is 2.61. The molecule has 0 saturated heterocycles. The van der Waals surface area contributed by atoms with Crippen LogP contribution in [0.4, 0.5) is 0 Å². The van der Waals surface area contributed by atoms with E-state index in [1.807, 2.05) is 31.2 Å². The van der Waals surface area contributed by atoms with Gasteiger partial charge in [0.1, 0.15) is 0 Å². The van der Waals surface area contributed by atoms with Crippen molar-refractivity contribution < 1.29 is 14.4 Å². The zero-order valence-corrected chi connectivity index (χ0v) is 14.9. The van der Waals surface area contributed by atoms with E-state index in [2.05, 4.69) is 23.8 Å². The first kappa shape index (κ1) is 18.7. The summed E-state index contributed by atoms with van der Waals surface area (Å²) in [5.74, 6) is -0.0462. The van der Waals surface area contributed by atoms with E-state index in [1.54, 1.807) is 7.11 Å². The normalized spacial score (nSPS) is 23.9. The van der Waals surface area contributed by atoms with Crippen LogP contribution in [-0.4, -0.2) is 30.3 Å². The molecular weight excluding hydrogens is 302 g/mol. The summed E-state index contributed by atoms with van der Waals surface area (Å²) in [5, 5.41) is 2.07. The summed E-state index contributed by atoms with van der Waals surface area (Å²) >= 11 is 0. The summed E-state index contributed by atoms with van der Waals surface area (Å²) in [7, 11) is 1.73. The molecule has 1 saturated carbocycles. The van der Waals surface area contributed by atoms with E-state index in [0.29, 0.717) is 6.61 Å². The second-order valence-corrected chi connectivity index (χ2v) is 6.45. The van der Waals surface area contributed by atoms with Crippen molar-refractivity contribution in [2.24, 2.45) is 5.92 Å². The maximum Gasteiger partial charge on any atom is 0.308 e. The molecule has 0 unspecified atom stereocenters. The van der Waals surface area contributed by atoms with Gasteiger partial charge in [0.2, 0.25) is 0 Å². The van der Waals surface area contributed by atoms with Gasteiger partial charge in [-0.15, -0.1) is 6.58 Å². The van der Waals surface area contributed by atoms with Crippen molar-refractivity contribution >= 4 is 5.97 Å². The Labute approximate surface area is 145 Å². The molecule has 1 aliphatic carbocycles. The molecule has 0 amide bonds. The topological polar surface area (TPSA) is 38.8 Å². The highest BCUT2D eigenvalue weighted by Gasteiger charge is 2.42. The predicted octanol–water partition coefficient (Wildman–Crippen LogP) is 4.12. The van der Waals surface area contributed by atoms with Gasteiger partial charge >= 0.3 is 5.97 Å². The van der Waals surface area contributed by atoms with Gasteiger partial charge in [-0.25, -0.2) is 0 Å². The molecular formula is C20H29NO3. The monoisotopic (exact) mass is 331 g/mol. The molecule has 4 heteroatoms. The molecule has 1 fully saturated rings. The first-order valence-corrected chi connectivity index (χ1v) is 8.78. The lowest BCUT2D eigenvalue weighted by molar-refractivity contribution is -0.221. The van der Waals surface area contributed by atoms with Crippen molar-refractivity contribution in [1.29, 1.82) is 0 Å². The van der Waals surface area contributed by atoms with Crippen LogP contribution in [0.3, 0.4) is 0 Å². The molecule has 4 nitrogen and oxygen atoms in total. The van der Waals surface area contributed by atoms with Crippen LogP contribution in [-0.2, 0) is 20.9 Å². The maximum atomic E-state index is 12.0. The van der Waals surface area contributed by atoms with Gasteiger partial charge < -0.3 is 9.57 Å². The van der Waals surface area contributed by atoms with Gasteiger partial charge in [0.05, 0.1) is 25.2 Å². The van der Waals surface area contributed by atoms with E-state index in [0.717, 1.165) is 38.6 Å². The maximum absolute atomic E-state index is 12.0. The Morgan fingerprint density at radius 3 is 2.54 bits per heavy atom. The molecule has 0 aromatic heterocycles. The summed E-state index contributed by atoms with van der Waals surface area (Å²) in [6.45, 7) is 6.97. The van der Waals surface area contributed by atoms with Crippen LogP contribution < -0.4 is 0 Å². The quantitative estimate of drug-likeness (QED) is 0.408. The Morgan fingerprint density at radius 1 is 1.33 bits per heavy atom. The van der Waals surface area contributed by atoms with Crippen LogP contribution in [0.15, 0.2) is 43.0 Å². The highest BCUT2D eigenvalue weighted by Crippen LogP contribution is 2.40. The Morgan fingerprint density at radius 2 is 2.00 bits per heavy atom. The van der Waals surface area contributed by atoms with Crippen LogP contribution in [0.25, 0.3) is 0 Å². The van der Waals surface area contributed by atoms with E-state index in [9.17, 15) is 4.79 Å². The van der Waals surface area contributed by atoms with Gasteiger partial charge in [-0.2, -0.15) is 5.06 Å². The number of carbonyl (C=O) groups excluding carboxylic acids is 1. The highest BCUT2D eigenvalue weighted by atomic mass is 16.7. The summed E-state index contributed by atoms with van der Waals surface area (Å²) in [6, 6.07) is 10.3. The number of benzene rings is 1. The molecule has 0 bridgehead atoms. The highest BCUT2D eigenvalue weighted by molar-refractivity contribution is 5.72. The minimum atomic E-state index is -0.102. The molecule has 0 N–H and O–H groups in total. The van der Waals surface area contributed by atoms with Crippen LogP contribution in [0.5, 0.6) is 0 Å². The SMILES string of the molecule is C=CCC1(N(Cc2ccccc2)OC)CCC(C(=O)OCC)CC1. The second kappa shape index (κ2) is 9.00. The summed E-state index contributed by atoms with van der Waals surface area (Å²) in [4.78, 5) is 17.8. The van der Waals surface area contributed by atoms with Crippen LogP contribution in [0.1, 0.15) is 44.6 Å². The average molecular weight is 331 g/mol. The first-order valence-electron chi connectivity index (χ1n) is 8.78. The van der Waals surface area contributed by atoms with Gasteiger partial charge in [0.25, 0.3) is 0 Å². The fourth-order valence-corrected chi connectivity index (χ4v) is 3.65. The molecule has 0 radical (unpaired) electrons. The number of rotatable bonds is 8. The number of hydrogen-bond acceptors (Lipinski definition) is 4. The number of ether oxygens (including phenoxy) is 1. The third kappa shape index (κ3) is 4.46. The van der Waals surface area contributed by atoms with Crippen molar-refractivity contribution in [3.05, 3.63) is 48.6 Å². The number of nitrogens with zero attached hydrogens (tertiary/aromatic N) is 1. The third-order valence-corrected chi connectivity index (χ3v) is 4.98. The van der Waals surface area contributed by atoms with Gasteiger partial charge in [-0.3, -0.25) is 4.79 Å². The molecule has 0 atom stereocenters. The summed E-state index contributed by atoms with van der Waals surface area (Å²) < 4.78 is 5.19. The fourth-order valence-electron chi connectivity index (χ4n) is 3.65. The van der Waals surface area contributed by atoms with Gasteiger partial charge in [-0.05, 0) is 44.6 Å². The smallest absolute Gasteiger partial charge is 0.308 e. The van der Waals surface area contributed by atoms with Crippen LogP contribution >= 0.6 is 0 Å². The van der Waals surface area contributed by atoms with Gasteiger partial charge in [0.15, 0.2) is 0 Å². The van der Waals surface area contributed by atoms with E-state index in [4.69, 9.17) is 9.57 Å². The lowest BCUT2D eigenvalue weighted by Crippen LogP contribution is -2.50. The molecule has 132 valence electrons. The van der Waals surface area contributed by atoms with E-state index in [1.165, 1.54) is 5.56 Å². The van der Waals surface area contributed by atoms with E-state index < -0.39 is 0 Å². The molecule has 1 aliphatic rings. The second-order valence-electron chi connectivity index (χ2n) is 6.45. The Balaban J connectivity index is 2.09. The summed E-state index contributed by atoms with van der Waals surface area (Å²) in [6.07, 6.45) is 6.29. The molecule has 0 spiro atoms. The fraction of sp³-hybridized carbons (Fsp3) is 0.550. The molecule has 2 rings (SSSR count). The Hall–Kier alpha value is -1.65. The zero-order valence-electron chi connectivity index (χ0n) is 14.9. The number of hydrogen-bond donors (Lipinski definition) is 0. The molecule has 1 aromatic carbocycles. The van der Waals surface area contributed by atoms with E-state index in [-0.39, 0.29) is 17.4 Å². The number of carbonyl (C=O) groups is 1. The van der Waals surface area contributed by atoms with Crippen molar-refractivity contribution in [1.82, 2.24) is 5.06 Å². The minimum Gasteiger partial charge on any atom is -0.466 e. The predicted molar refractivity (Wildman–Crippen MR) is 95.1 cm³/mol. The summed E-state index contributed by atoms with van der Waals surface area (Å²) in [5.41, 5.74) is 1.12. The van der Waals surface area contributed by atoms with Crippen molar-refractivity contribution in [3.8, 4) is 0 Å². The van der Waals surface area contributed by atoms with Crippen LogP contribution in [0.2, 0.25) is 0 Å². The Kier molecular flexibility index (Phi) is 7.00. The van der Waals surface area contributed by atoms with Gasteiger partial charge in [-0.1, -0.05) is 36.4 Å². The van der Waals surface area contributed by atoms with Crippen molar-refractivity contribution in [3.63, 3.8) is 0 Å². The largest absolute Gasteiger partial charge is 0.466 e. The zero-order chi connectivity index (χ0) is 17.4. The molecule has 1 aromatic rings. The minimum absolute atomic E-state index is 0.0123. The van der Waals surface area contributed by atoms with Gasteiger partial charge in [0, 0.05) is 6.54 Å². The third-order valence-electron chi connectivity index (χ3n) is 4.98. The lowest BCUT2D eigenvalue weighted by Gasteiger charge is -2.46. The number of esters is 1.